The molecule has 0 saturated carbocycles. The van der Waals surface area contributed by atoms with Crippen molar-refractivity contribution < 1.29 is 4.74 Å². The van der Waals surface area contributed by atoms with E-state index in [4.69, 9.17) is 16.3 Å². The maximum atomic E-state index is 6.14. The minimum Gasteiger partial charge on any atom is -0.356 e. The summed E-state index contributed by atoms with van der Waals surface area (Å²) in [5.74, 6) is 0. The van der Waals surface area contributed by atoms with Crippen molar-refractivity contribution in [2.24, 2.45) is 0 Å². The molecule has 0 aliphatic rings. The maximum Gasteiger partial charge on any atom is 0.156 e. The number of benzene rings is 1. The molecule has 6 heteroatoms. The van der Waals surface area contributed by atoms with Gasteiger partial charge in [-0.25, -0.2) is 9.97 Å². The topological polar surface area (TPSA) is 39.9 Å². The second kappa shape index (κ2) is 6.07. The van der Waals surface area contributed by atoms with Crippen LogP contribution in [0.4, 0.5) is 0 Å². The molecule has 102 valence electrons. The van der Waals surface area contributed by atoms with Crippen molar-refractivity contribution in [3.63, 3.8) is 0 Å². The summed E-state index contributed by atoms with van der Waals surface area (Å²) in [5, 5.41) is 0.446. The lowest BCUT2D eigenvalue weighted by molar-refractivity contribution is 0.0667. The molecule has 0 amide bonds. The van der Waals surface area contributed by atoms with E-state index in [0.29, 0.717) is 18.5 Å². The standard InChI is InChI=1S/C14H11ClIN3O/c15-14-13-12(17-8-18-14)11(16)6-19(13)9-20-7-10-4-2-1-3-5-10/h1-6,8H,7,9H2. The van der Waals surface area contributed by atoms with Gasteiger partial charge in [0.25, 0.3) is 0 Å². The molecule has 0 bridgehead atoms. The molecule has 20 heavy (non-hydrogen) atoms. The third-order valence-electron chi connectivity index (χ3n) is 2.90. The third kappa shape index (κ3) is 2.79. The summed E-state index contributed by atoms with van der Waals surface area (Å²) < 4.78 is 8.69. The number of rotatable bonds is 4. The Kier molecular flexibility index (Phi) is 4.18. The van der Waals surface area contributed by atoms with Crippen LogP contribution in [0.1, 0.15) is 5.56 Å². The summed E-state index contributed by atoms with van der Waals surface area (Å²) in [4.78, 5) is 8.27. The molecule has 4 nitrogen and oxygen atoms in total. The zero-order valence-corrected chi connectivity index (χ0v) is 13.4. The summed E-state index contributed by atoms with van der Waals surface area (Å²) in [6.45, 7) is 0.976. The van der Waals surface area contributed by atoms with Crippen LogP contribution < -0.4 is 0 Å². The molecule has 3 rings (SSSR count). The van der Waals surface area contributed by atoms with Crippen LogP contribution in [-0.2, 0) is 18.1 Å². The molecule has 2 heterocycles. The van der Waals surface area contributed by atoms with E-state index in [1.54, 1.807) is 0 Å². The molecule has 0 saturated heterocycles. The summed E-state index contributed by atoms with van der Waals surface area (Å²) in [7, 11) is 0. The van der Waals surface area contributed by atoms with Crippen molar-refractivity contribution in [3.05, 3.63) is 57.1 Å². The van der Waals surface area contributed by atoms with Crippen LogP contribution in [0.15, 0.2) is 42.9 Å². The highest BCUT2D eigenvalue weighted by Gasteiger charge is 2.11. The minimum absolute atomic E-state index is 0.418. The predicted octanol–water partition coefficient (Wildman–Crippen LogP) is 3.86. The lowest BCUT2D eigenvalue weighted by atomic mass is 10.2. The summed E-state index contributed by atoms with van der Waals surface area (Å²) in [5.41, 5.74) is 2.81. The van der Waals surface area contributed by atoms with Crippen LogP contribution in [0.2, 0.25) is 5.15 Å². The number of ether oxygens (including phenoxy) is 1. The first kappa shape index (κ1) is 13.8. The van der Waals surface area contributed by atoms with Gasteiger partial charge in [0, 0.05) is 6.20 Å². The van der Waals surface area contributed by atoms with E-state index in [0.717, 1.165) is 20.2 Å². The van der Waals surface area contributed by atoms with Gasteiger partial charge in [0.1, 0.15) is 24.1 Å². The van der Waals surface area contributed by atoms with Crippen LogP contribution in [0.3, 0.4) is 0 Å². The van der Waals surface area contributed by atoms with E-state index in [1.165, 1.54) is 6.33 Å². The van der Waals surface area contributed by atoms with E-state index >= 15 is 0 Å². The first-order valence-electron chi connectivity index (χ1n) is 6.02. The van der Waals surface area contributed by atoms with Gasteiger partial charge < -0.3 is 9.30 Å². The van der Waals surface area contributed by atoms with Crippen molar-refractivity contribution in [3.8, 4) is 0 Å². The first-order valence-corrected chi connectivity index (χ1v) is 7.48. The molecular formula is C14H11ClIN3O. The Hall–Kier alpha value is -1.18. The molecule has 0 aliphatic heterocycles. The highest BCUT2D eigenvalue weighted by Crippen LogP contribution is 2.25. The zero-order valence-electron chi connectivity index (χ0n) is 10.5. The molecule has 0 radical (unpaired) electrons. The molecule has 0 atom stereocenters. The summed E-state index contributed by atoms with van der Waals surface area (Å²) >= 11 is 8.37. The molecule has 0 unspecified atom stereocenters. The molecule has 1 aromatic carbocycles. The fourth-order valence-electron chi connectivity index (χ4n) is 1.99. The van der Waals surface area contributed by atoms with Crippen LogP contribution in [0, 0.1) is 3.57 Å². The number of aromatic nitrogens is 3. The van der Waals surface area contributed by atoms with Crippen LogP contribution in [0.5, 0.6) is 0 Å². The predicted molar refractivity (Wildman–Crippen MR) is 86.5 cm³/mol. The number of hydrogen-bond donors (Lipinski definition) is 0. The van der Waals surface area contributed by atoms with Gasteiger partial charge in [-0.3, -0.25) is 0 Å². The molecule has 0 fully saturated rings. The highest BCUT2D eigenvalue weighted by molar-refractivity contribution is 14.1. The maximum absolute atomic E-state index is 6.14. The Morgan fingerprint density at radius 3 is 2.80 bits per heavy atom. The largest absolute Gasteiger partial charge is 0.356 e. The Balaban J connectivity index is 1.78. The minimum atomic E-state index is 0.418. The third-order valence-corrected chi connectivity index (χ3v) is 3.97. The van der Waals surface area contributed by atoms with Crippen molar-refractivity contribution in [1.29, 1.82) is 0 Å². The smallest absolute Gasteiger partial charge is 0.156 e. The van der Waals surface area contributed by atoms with E-state index in [1.807, 2.05) is 41.1 Å². The van der Waals surface area contributed by atoms with Crippen LogP contribution in [0.25, 0.3) is 11.0 Å². The monoisotopic (exact) mass is 399 g/mol. The van der Waals surface area contributed by atoms with Gasteiger partial charge in [0.2, 0.25) is 0 Å². The van der Waals surface area contributed by atoms with Gasteiger partial charge in [0.15, 0.2) is 5.15 Å². The Morgan fingerprint density at radius 2 is 2.00 bits per heavy atom. The Bertz CT molecular complexity index is 730. The van der Waals surface area contributed by atoms with Gasteiger partial charge >= 0.3 is 0 Å². The van der Waals surface area contributed by atoms with Gasteiger partial charge in [-0.05, 0) is 28.2 Å². The lowest BCUT2D eigenvalue weighted by Gasteiger charge is -2.07. The first-order chi connectivity index (χ1) is 9.75. The van der Waals surface area contributed by atoms with Crippen molar-refractivity contribution in [2.45, 2.75) is 13.3 Å². The Labute approximate surface area is 134 Å². The summed E-state index contributed by atoms with van der Waals surface area (Å²) in [6, 6.07) is 10.1. The second-order valence-electron chi connectivity index (χ2n) is 4.27. The van der Waals surface area contributed by atoms with Gasteiger partial charge in [-0.2, -0.15) is 0 Å². The van der Waals surface area contributed by atoms with Crippen LogP contribution >= 0.6 is 34.2 Å². The number of nitrogens with zero attached hydrogens (tertiary/aromatic N) is 3. The van der Waals surface area contributed by atoms with Crippen molar-refractivity contribution >= 4 is 45.2 Å². The van der Waals surface area contributed by atoms with Gasteiger partial charge in [-0.15, -0.1) is 0 Å². The van der Waals surface area contributed by atoms with Gasteiger partial charge in [0.05, 0.1) is 10.2 Å². The van der Waals surface area contributed by atoms with Crippen LogP contribution in [-0.4, -0.2) is 14.5 Å². The number of hydrogen-bond acceptors (Lipinski definition) is 3. The normalized spacial score (nSPS) is 11.1. The average molecular weight is 400 g/mol. The average Bonchev–Trinajstić information content (AvgIpc) is 2.78. The highest BCUT2D eigenvalue weighted by atomic mass is 127. The molecule has 0 spiro atoms. The SMILES string of the molecule is Clc1ncnc2c(I)cn(COCc3ccccc3)c12. The van der Waals surface area contributed by atoms with E-state index < -0.39 is 0 Å². The zero-order chi connectivity index (χ0) is 13.9. The van der Waals surface area contributed by atoms with Gasteiger partial charge in [-0.1, -0.05) is 41.9 Å². The van der Waals surface area contributed by atoms with Crippen molar-refractivity contribution in [1.82, 2.24) is 14.5 Å². The molecular weight excluding hydrogens is 389 g/mol. The molecule has 0 aliphatic carbocycles. The summed E-state index contributed by atoms with van der Waals surface area (Å²) in [6.07, 6.45) is 3.44. The van der Waals surface area contributed by atoms with E-state index in [2.05, 4.69) is 32.6 Å². The fraction of sp³-hybridized carbons (Fsp3) is 0.143. The van der Waals surface area contributed by atoms with E-state index in [-0.39, 0.29) is 0 Å². The second-order valence-corrected chi connectivity index (χ2v) is 5.79. The van der Waals surface area contributed by atoms with E-state index in [9.17, 15) is 0 Å². The molecule has 0 N–H and O–H groups in total. The number of halogens is 2. The fourth-order valence-corrected chi connectivity index (χ4v) is 2.96. The lowest BCUT2D eigenvalue weighted by Crippen LogP contribution is -2.02. The quantitative estimate of drug-likeness (QED) is 0.494. The van der Waals surface area contributed by atoms with Crippen molar-refractivity contribution in [2.75, 3.05) is 0 Å². The Morgan fingerprint density at radius 1 is 1.20 bits per heavy atom. The molecule has 2 aromatic heterocycles. The molecule has 3 aromatic rings. The number of fused-ring (bicyclic) bond motifs is 1.